The number of rotatable bonds is 9. The first-order chi connectivity index (χ1) is 15.0. The summed E-state index contributed by atoms with van der Waals surface area (Å²) in [5, 5.41) is 34.0. The van der Waals surface area contributed by atoms with Gasteiger partial charge in [-0.1, -0.05) is 51.0 Å². The quantitative estimate of drug-likeness (QED) is 0.421. The van der Waals surface area contributed by atoms with Gasteiger partial charge in [0.1, 0.15) is 0 Å². The molecule has 178 valence electrons. The molecule has 0 fully saturated rings. The van der Waals surface area contributed by atoms with E-state index in [2.05, 4.69) is 13.8 Å². The fourth-order valence-electron chi connectivity index (χ4n) is 2.39. The van der Waals surface area contributed by atoms with Crippen LogP contribution in [0.5, 0.6) is 0 Å². The number of carboxylic acids is 2. The van der Waals surface area contributed by atoms with Gasteiger partial charge in [0.2, 0.25) is 0 Å². The van der Waals surface area contributed by atoms with E-state index in [0.29, 0.717) is 11.1 Å². The van der Waals surface area contributed by atoms with Crippen LogP contribution < -0.4 is 0 Å². The summed E-state index contributed by atoms with van der Waals surface area (Å²) in [6.45, 7) is 7.21. The minimum absolute atomic E-state index is 0.174. The van der Waals surface area contributed by atoms with Gasteiger partial charge in [-0.15, -0.1) is 0 Å². The lowest BCUT2D eigenvalue weighted by atomic mass is 10.1. The van der Waals surface area contributed by atoms with Crippen LogP contribution in [0.25, 0.3) is 0 Å². The average molecular weight is 447 g/mol. The van der Waals surface area contributed by atoms with Crippen molar-refractivity contribution in [1.29, 1.82) is 0 Å². The molecule has 6 nitrogen and oxygen atoms in total. The van der Waals surface area contributed by atoms with E-state index in [1.54, 1.807) is 38.1 Å². The zero-order valence-electron chi connectivity index (χ0n) is 19.7. The molecule has 0 atom stereocenters. The number of aryl methyl sites for hydroxylation is 2. The Morgan fingerprint density at radius 2 is 1.00 bits per heavy atom. The van der Waals surface area contributed by atoms with Crippen molar-refractivity contribution in [2.75, 3.05) is 6.61 Å². The van der Waals surface area contributed by atoms with E-state index >= 15 is 0 Å². The third kappa shape index (κ3) is 14.3. The predicted octanol–water partition coefficient (Wildman–Crippen LogP) is 5.20. The SMILES string of the molecule is CC(C)(O)CO.CCCCc1ccc(C(=O)O)cc1.CCCCc1ccc(C(=O)O)cc1. The molecular weight excluding hydrogens is 408 g/mol. The summed E-state index contributed by atoms with van der Waals surface area (Å²) in [6, 6.07) is 14.2. The van der Waals surface area contributed by atoms with E-state index in [4.69, 9.17) is 20.4 Å². The van der Waals surface area contributed by atoms with Gasteiger partial charge in [0.05, 0.1) is 23.3 Å². The minimum Gasteiger partial charge on any atom is -0.478 e. The normalized spacial score (nSPS) is 10.3. The molecule has 0 aliphatic heterocycles. The van der Waals surface area contributed by atoms with Crippen molar-refractivity contribution in [3.05, 3.63) is 70.8 Å². The van der Waals surface area contributed by atoms with Gasteiger partial charge in [0.15, 0.2) is 0 Å². The van der Waals surface area contributed by atoms with Gasteiger partial charge in [-0.2, -0.15) is 0 Å². The van der Waals surface area contributed by atoms with Crippen LogP contribution in [0.4, 0.5) is 0 Å². The van der Waals surface area contributed by atoms with Crippen LogP contribution in [-0.2, 0) is 12.8 Å². The molecule has 6 heteroatoms. The van der Waals surface area contributed by atoms with Crippen LogP contribution in [0.3, 0.4) is 0 Å². The zero-order valence-corrected chi connectivity index (χ0v) is 19.7. The van der Waals surface area contributed by atoms with E-state index in [-0.39, 0.29) is 6.61 Å². The highest BCUT2D eigenvalue weighted by molar-refractivity contribution is 5.87. The second-order valence-corrected chi connectivity index (χ2v) is 8.18. The third-order valence-corrected chi connectivity index (χ3v) is 4.43. The van der Waals surface area contributed by atoms with Gasteiger partial charge in [0.25, 0.3) is 0 Å². The number of benzene rings is 2. The summed E-state index contributed by atoms with van der Waals surface area (Å²) in [4.78, 5) is 21.1. The molecule has 0 amide bonds. The molecule has 2 rings (SSSR count). The smallest absolute Gasteiger partial charge is 0.335 e. The Balaban J connectivity index is 0.000000484. The van der Waals surface area contributed by atoms with Crippen molar-refractivity contribution >= 4 is 11.9 Å². The van der Waals surface area contributed by atoms with E-state index in [1.807, 2.05) is 24.3 Å². The van der Waals surface area contributed by atoms with Crippen molar-refractivity contribution in [3.63, 3.8) is 0 Å². The van der Waals surface area contributed by atoms with Crippen LogP contribution in [0.1, 0.15) is 85.2 Å². The second kappa shape index (κ2) is 16.0. The van der Waals surface area contributed by atoms with Crippen molar-refractivity contribution in [2.24, 2.45) is 0 Å². The van der Waals surface area contributed by atoms with Gasteiger partial charge >= 0.3 is 11.9 Å². The van der Waals surface area contributed by atoms with Crippen molar-refractivity contribution in [2.45, 2.75) is 71.8 Å². The van der Waals surface area contributed by atoms with E-state index < -0.39 is 17.5 Å². The lowest BCUT2D eigenvalue weighted by Crippen LogP contribution is -2.23. The Labute approximate surface area is 191 Å². The molecule has 32 heavy (non-hydrogen) atoms. The number of hydrogen-bond acceptors (Lipinski definition) is 4. The Morgan fingerprint density at radius 3 is 1.19 bits per heavy atom. The van der Waals surface area contributed by atoms with Crippen LogP contribution >= 0.6 is 0 Å². The standard InChI is InChI=1S/2C11H14O2.C4H10O2/c2*1-2-3-4-9-5-7-10(8-6-9)11(12)13;1-4(2,6)3-5/h2*5-8H,2-4H2,1H3,(H,12,13);5-6H,3H2,1-2H3. The highest BCUT2D eigenvalue weighted by Crippen LogP contribution is 2.08. The van der Waals surface area contributed by atoms with Crippen molar-refractivity contribution < 1.29 is 30.0 Å². The molecule has 2 aromatic carbocycles. The molecule has 2 aromatic rings. The molecule has 4 N–H and O–H groups in total. The molecule has 0 heterocycles. The molecular formula is C26H38O6. The predicted molar refractivity (Wildman–Crippen MR) is 127 cm³/mol. The largest absolute Gasteiger partial charge is 0.478 e. The lowest BCUT2D eigenvalue weighted by Gasteiger charge is -2.10. The summed E-state index contributed by atoms with van der Waals surface area (Å²) < 4.78 is 0. The monoisotopic (exact) mass is 446 g/mol. The average Bonchev–Trinajstić information content (AvgIpc) is 2.77. The molecule has 0 aromatic heterocycles. The van der Waals surface area contributed by atoms with Crippen LogP contribution in [0, 0.1) is 0 Å². The van der Waals surface area contributed by atoms with E-state index in [0.717, 1.165) is 25.7 Å². The first-order valence-electron chi connectivity index (χ1n) is 11.0. The van der Waals surface area contributed by atoms with Crippen molar-refractivity contribution in [3.8, 4) is 0 Å². The summed E-state index contributed by atoms with van der Waals surface area (Å²) in [5.74, 6) is -1.72. The van der Waals surface area contributed by atoms with Crippen LogP contribution in [0.2, 0.25) is 0 Å². The number of hydrogen-bond donors (Lipinski definition) is 4. The van der Waals surface area contributed by atoms with Gasteiger partial charge in [-0.25, -0.2) is 9.59 Å². The lowest BCUT2D eigenvalue weighted by molar-refractivity contribution is 0.0183. The fourth-order valence-corrected chi connectivity index (χ4v) is 2.39. The Hall–Kier alpha value is -2.70. The Bertz CT molecular complexity index is 712. The molecule has 0 spiro atoms. The summed E-state index contributed by atoms with van der Waals surface area (Å²) >= 11 is 0. The maximum absolute atomic E-state index is 10.5. The second-order valence-electron chi connectivity index (χ2n) is 8.18. The summed E-state index contributed by atoms with van der Waals surface area (Å²) in [7, 11) is 0. The first-order valence-corrected chi connectivity index (χ1v) is 11.0. The van der Waals surface area contributed by atoms with Crippen molar-refractivity contribution in [1.82, 2.24) is 0 Å². The summed E-state index contributed by atoms with van der Waals surface area (Å²) in [5.41, 5.74) is 2.25. The van der Waals surface area contributed by atoms with Gasteiger partial charge in [-0.05, 0) is 74.9 Å². The van der Waals surface area contributed by atoms with Gasteiger partial charge in [-0.3, -0.25) is 0 Å². The van der Waals surface area contributed by atoms with E-state index in [1.165, 1.54) is 24.0 Å². The highest BCUT2D eigenvalue weighted by atomic mass is 16.4. The molecule has 0 saturated heterocycles. The third-order valence-electron chi connectivity index (χ3n) is 4.43. The molecule has 0 bridgehead atoms. The minimum atomic E-state index is -0.903. The number of carboxylic acid groups (broad SMARTS) is 2. The number of aliphatic hydroxyl groups excluding tert-OH is 1. The fraction of sp³-hybridized carbons (Fsp3) is 0.462. The molecule has 0 unspecified atom stereocenters. The van der Waals surface area contributed by atoms with Crippen LogP contribution in [-0.4, -0.2) is 44.6 Å². The molecule has 0 saturated carbocycles. The number of unbranched alkanes of at least 4 members (excludes halogenated alkanes) is 2. The molecule has 0 aliphatic rings. The van der Waals surface area contributed by atoms with Gasteiger partial charge in [0, 0.05) is 0 Å². The summed E-state index contributed by atoms with van der Waals surface area (Å²) in [6.07, 6.45) is 6.73. The van der Waals surface area contributed by atoms with Crippen LogP contribution in [0.15, 0.2) is 48.5 Å². The number of aliphatic hydroxyl groups is 2. The molecule has 0 aliphatic carbocycles. The Kier molecular flexibility index (Phi) is 14.7. The Morgan fingerprint density at radius 1 is 0.719 bits per heavy atom. The van der Waals surface area contributed by atoms with Gasteiger partial charge < -0.3 is 20.4 Å². The highest BCUT2D eigenvalue weighted by Gasteiger charge is 2.07. The number of aromatic carboxylic acids is 2. The zero-order chi connectivity index (χ0) is 24.6. The maximum atomic E-state index is 10.5. The first kappa shape index (κ1) is 29.3. The van der Waals surface area contributed by atoms with E-state index in [9.17, 15) is 9.59 Å². The number of carbonyl (C=O) groups is 2. The molecule has 0 radical (unpaired) electrons. The maximum Gasteiger partial charge on any atom is 0.335 e. The topological polar surface area (TPSA) is 115 Å².